The molecule has 33 heavy (non-hydrogen) atoms. The fourth-order valence-electron chi connectivity index (χ4n) is 4.21. The van der Waals surface area contributed by atoms with Gasteiger partial charge in [0.25, 0.3) is 0 Å². The Hall–Kier alpha value is -3.46. The van der Waals surface area contributed by atoms with Crippen molar-refractivity contribution in [1.82, 2.24) is 9.97 Å². The lowest BCUT2D eigenvalue weighted by Gasteiger charge is -2.29. The molecule has 3 heterocycles. The highest BCUT2D eigenvalue weighted by Crippen LogP contribution is 2.33. The molecule has 0 saturated carbocycles. The van der Waals surface area contributed by atoms with Crippen LogP contribution in [0, 0.1) is 11.6 Å². The fraction of sp³-hybridized carbons (Fsp3) is 0.333. The molecule has 2 aliphatic rings. The molecule has 7 nitrogen and oxygen atoms in total. The second-order valence-electron chi connectivity index (χ2n) is 8.14. The third-order valence-electron chi connectivity index (χ3n) is 5.99. The second kappa shape index (κ2) is 9.19. The molecule has 3 aromatic rings. The molecule has 1 saturated heterocycles. The average Bonchev–Trinajstić information content (AvgIpc) is 3.06. The van der Waals surface area contributed by atoms with E-state index in [1.807, 2.05) is 17.0 Å². The van der Waals surface area contributed by atoms with Crippen LogP contribution in [0.15, 0.2) is 42.6 Å². The van der Waals surface area contributed by atoms with Gasteiger partial charge in [0.1, 0.15) is 5.82 Å². The number of nitrogens with zero attached hydrogens (tertiary/aromatic N) is 4. The number of rotatable bonds is 4. The number of fused-ring (bicyclic) bond motifs is 1. The van der Waals surface area contributed by atoms with Gasteiger partial charge in [-0.15, -0.1) is 0 Å². The maximum absolute atomic E-state index is 14.4. The minimum absolute atomic E-state index is 0.0178. The Morgan fingerprint density at radius 2 is 1.88 bits per heavy atom. The molecule has 2 aromatic carbocycles. The highest BCUT2D eigenvalue weighted by molar-refractivity contribution is 5.71. The van der Waals surface area contributed by atoms with Crippen LogP contribution in [0.25, 0.3) is 11.3 Å². The molecule has 0 spiro atoms. The van der Waals surface area contributed by atoms with Crippen LogP contribution >= 0.6 is 0 Å². The lowest BCUT2D eigenvalue weighted by Crippen LogP contribution is -2.36. The predicted molar refractivity (Wildman–Crippen MR) is 123 cm³/mol. The summed E-state index contributed by atoms with van der Waals surface area (Å²) >= 11 is 0. The van der Waals surface area contributed by atoms with E-state index in [0.29, 0.717) is 43.6 Å². The number of phenolic OH excluding ortho intramolecular Hbond substituents is 1. The maximum atomic E-state index is 14.4. The summed E-state index contributed by atoms with van der Waals surface area (Å²) in [5.41, 5.74) is 2.60. The molecule has 2 aliphatic heterocycles. The molecule has 1 aromatic heterocycles. The molecule has 2 N–H and O–H groups in total. The first-order valence-corrected chi connectivity index (χ1v) is 11.0. The molecule has 5 rings (SSSR count). The normalized spacial score (nSPS) is 16.2. The van der Waals surface area contributed by atoms with E-state index >= 15 is 0 Å². The zero-order valence-electron chi connectivity index (χ0n) is 18.1. The number of phenols is 1. The molecule has 0 aliphatic carbocycles. The number of benzene rings is 2. The highest BCUT2D eigenvalue weighted by Gasteiger charge is 2.23. The molecule has 172 valence electrons. The number of morpholine rings is 1. The molecular formula is C24H25F2N5O2. The van der Waals surface area contributed by atoms with Crippen molar-refractivity contribution in [2.45, 2.75) is 13.0 Å². The standard InChI is InChI=1S/C24H25F2N5O2/c25-19-5-6-20(26)22(32)18(19)15-31-8-2-7-27-23-24(31)29-21(14-28-23)16-3-1-4-17(13-16)30-9-11-33-12-10-30/h1,3-6,13-14,32H,2,7-12,15H2,(H,27,28). The van der Waals surface area contributed by atoms with E-state index in [9.17, 15) is 13.9 Å². The lowest BCUT2D eigenvalue weighted by molar-refractivity contribution is 0.122. The van der Waals surface area contributed by atoms with Crippen LogP contribution in [-0.4, -0.2) is 54.5 Å². The molecule has 0 radical (unpaired) electrons. The largest absolute Gasteiger partial charge is 0.505 e. The first-order chi connectivity index (χ1) is 16.1. The molecular weight excluding hydrogens is 428 g/mol. The van der Waals surface area contributed by atoms with E-state index in [4.69, 9.17) is 9.72 Å². The fourth-order valence-corrected chi connectivity index (χ4v) is 4.21. The van der Waals surface area contributed by atoms with Gasteiger partial charge in [-0.1, -0.05) is 12.1 Å². The van der Waals surface area contributed by atoms with Crippen molar-refractivity contribution in [3.05, 3.63) is 59.8 Å². The third-order valence-corrected chi connectivity index (χ3v) is 5.99. The zero-order chi connectivity index (χ0) is 22.8. The summed E-state index contributed by atoms with van der Waals surface area (Å²) in [6.45, 7) is 4.29. The summed E-state index contributed by atoms with van der Waals surface area (Å²) in [6.07, 6.45) is 2.48. The zero-order valence-corrected chi connectivity index (χ0v) is 18.1. The van der Waals surface area contributed by atoms with Gasteiger partial charge in [0, 0.05) is 37.4 Å². The Morgan fingerprint density at radius 3 is 2.73 bits per heavy atom. The van der Waals surface area contributed by atoms with Gasteiger partial charge in [-0.3, -0.25) is 0 Å². The first kappa shape index (κ1) is 21.4. The van der Waals surface area contributed by atoms with Crippen molar-refractivity contribution < 1.29 is 18.6 Å². The number of hydrogen-bond donors (Lipinski definition) is 2. The number of aromatic nitrogens is 2. The van der Waals surface area contributed by atoms with Crippen molar-refractivity contribution >= 4 is 17.3 Å². The number of ether oxygens (including phenoxy) is 1. The van der Waals surface area contributed by atoms with Crippen molar-refractivity contribution in [2.24, 2.45) is 0 Å². The Bertz CT molecular complexity index is 1150. The van der Waals surface area contributed by atoms with Crippen LogP contribution in [-0.2, 0) is 11.3 Å². The number of hydrogen-bond acceptors (Lipinski definition) is 7. The summed E-state index contributed by atoms with van der Waals surface area (Å²) in [5.74, 6) is -1.05. The minimum Gasteiger partial charge on any atom is -0.505 e. The van der Waals surface area contributed by atoms with Gasteiger partial charge < -0.3 is 25.0 Å². The maximum Gasteiger partial charge on any atom is 0.172 e. The predicted octanol–water partition coefficient (Wildman–Crippen LogP) is 3.79. The van der Waals surface area contributed by atoms with E-state index in [1.54, 1.807) is 6.20 Å². The number of aromatic hydroxyl groups is 1. The van der Waals surface area contributed by atoms with Gasteiger partial charge in [-0.25, -0.2) is 18.7 Å². The van der Waals surface area contributed by atoms with Crippen LogP contribution in [0.4, 0.5) is 26.1 Å². The van der Waals surface area contributed by atoms with Gasteiger partial charge in [0.15, 0.2) is 23.2 Å². The molecule has 9 heteroatoms. The van der Waals surface area contributed by atoms with Gasteiger partial charge in [-0.2, -0.15) is 0 Å². The summed E-state index contributed by atoms with van der Waals surface area (Å²) in [4.78, 5) is 13.5. The quantitative estimate of drug-likeness (QED) is 0.623. The summed E-state index contributed by atoms with van der Waals surface area (Å²) in [5, 5.41) is 13.4. The molecule has 0 unspecified atom stereocenters. The molecule has 0 atom stereocenters. The summed E-state index contributed by atoms with van der Waals surface area (Å²) in [6, 6.07) is 10.1. The Balaban J connectivity index is 1.49. The molecule has 1 fully saturated rings. The smallest absolute Gasteiger partial charge is 0.172 e. The Morgan fingerprint density at radius 1 is 1.06 bits per heavy atom. The lowest BCUT2D eigenvalue weighted by atomic mass is 10.1. The van der Waals surface area contributed by atoms with E-state index < -0.39 is 17.4 Å². The van der Waals surface area contributed by atoms with E-state index in [0.717, 1.165) is 42.9 Å². The van der Waals surface area contributed by atoms with E-state index in [-0.39, 0.29) is 12.1 Å². The molecule has 0 amide bonds. The van der Waals surface area contributed by atoms with Gasteiger partial charge in [0.05, 0.1) is 37.2 Å². The Kier molecular flexibility index (Phi) is 5.95. The number of halogens is 2. The SMILES string of the molecule is Oc1c(F)ccc(F)c1CN1CCCNc2ncc(-c3cccc(N4CCOCC4)c3)nc21. The van der Waals surface area contributed by atoms with Gasteiger partial charge in [-0.05, 0) is 30.7 Å². The monoisotopic (exact) mass is 453 g/mol. The second-order valence-corrected chi connectivity index (χ2v) is 8.14. The van der Waals surface area contributed by atoms with Crippen LogP contribution in [0.1, 0.15) is 12.0 Å². The van der Waals surface area contributed by atoms with Crippen LogP contribution < -0.4 is 15.1 Å². The topological polar surface area (TPSA) is 73.8 Å². The summed E-state index contributed by atoms with van der Waals surface area (Å²) < 4.78 is 33.7. The van der Waals surface area contributed by atoms with Gasteiger partial charge >= 0.3 is 0 Å². The van der Waals surface area contributed by atoms with Crippen molar-refractivity contribution in [1.29, 1.82) is 0 Å². The van der Waals surface area contributed by atoms with Crippen molar-refractivity contribution in [3.63, 3.8) is 0 Å². The summed E-state index contributed by atoms with van der Waals surface area (Å²) in [7, 11) is 0. The van der Waals surface area contributed by atoms with Crippen LogP contribution in [0.5, 0.6) is 5.75 Å². The minimum atomic E-state index is -0.848. The Labute approximate surface area is 190 Å². The first-order valence-electron chi connectivity index (χ1n) is 11.0. The van der Waals surface area contributed by atoms with Gasteiger partial charge in [0.2, 0.25) is 0 Å². The number of nitrogens with one attached hydrogen (secondary N) is 1. The van der Waals surface area contributed by atoms with Crippen LogP contribution in [0.2, 0.25) is 0 Å². The van der Waals surface area contributed by atoms with Crippen molar-refractivity contribution in [3.8, 4) is 17.0 Å². The molecule has 0 bridgehead atoms. The van der Waals surface area contributed by atoms with E-state index in [1.165, 1.54) is 0 Å². The van der Waals surface area contributed by atoms with Crippen molar-refractivity contribution in [2.75, 3.05) is 54.5 Å². The highest BCUT2D eigenvalue weighted by atomic mass is 19.1. The number of anilines is 3. The average molecular weight is 453 g/mol. The van der Waals surface area contributed by atoms with Crippen LogP contribution in [0.3, 0.4) is 0 Å². The van der Waals surface area contributed by atoms with E-state index in [2.05, 4.69) is 27.3 Å². The third kappa shape index (κ3) is 4.41.